The summed E-state index contributed by atoms with van der Waals surface area (Å²) in [6, 6.07) is 0.0808. The Morgan fingerprint density at radius 2 is 2.39 bits per heavy atom. The number of amides is 1. The van der Waals surface area contributed by atoms with Crippen LogP contribution in [-0.2, 0) is 14.3 Å². The van der Waals surface area contributed by atoms with E-state index in [1.807, 2.05) is 11.8 Å². The Morgan fingerprint density at radius 3 is 2.94 bits per heavy atom. The number of hydrogen-bond donors (Lipinski definition) is 1. The lowest BCUT2D eigenvalue weighted by molar-refractivity contribution is -0.156. The summed E-state index contributed by atoms with van der Waals surface area (Å²) < 4.78 is 11.0. The van der Waals surface area contributed by atoms with E-state index in [4.69, 9.17) is 15.2 Å². The van der Waals surface area contributed by atoms with Crippen molar-refractivity contribution in [1.29, 1.82) is 0 Å². The van der Waals surface area contributed by atoms with Gasteiger partial charge in [-0.15, -0.1) is 0 Å². The van der Waals surface area contributed by atoms with Crippen LogP contribution in [0.2, 0.25) is 0 Å². The van der Waals surface area contributed by atoms with E-state index < -0.39 is 5.60 Å². The Morgan fingerprint density at radius 1 is 1.61 bits per heavy atom. The molecule has 2 aliphatic heterocycles. The van der Waals surface area contributed by atoms with Gasteiger partial charge in [-0.2, -0.15) is 0 Å². The first-order valence-corrected chi connectivity index (χ1v) is 6.78. The van der Waals surface area contributed by atoms with Gasteiger partial charge in [0.25, 0.3) is 5.91 Å². The van der Waals surface area contributed by atoms with E-state index in [2.05, 4.69) is 0 Å². The highest BCUT2D eigenvalue weighted by molar-refractivity contribution is 5.85. The summed E-state index contributed by atoms with van der Waals surface area (Å²) in [6.45, 7) is 3.79. The van der Waals surface area contributed by atoms with Gasteiger partial charge in [0.15, 0.2) is 0 Å². The van der Waals surface area contributed by atoms with Crippen molar-refractivity contribution >= 4 is 5.91 Å². The Kier molecular flexibility index (Phi) is 4.25. The number of nitrogens with two attached hydrogens (primary N) is 1. The van der Waals surface area contributed by atoms with Gasteiger partial charge < -0.3 is 20.1 Å². The molecule has 104 valence electrons. The molecule has 0 aliphatic carbocycles. The number of rotatable bonds is 3. The first-order chi connectivity index (χ1) is 8.60. The average Bonchev–Trinajstić information content (AvgIpc) is 2.85. The number of nitrogens with zero attached hydrogens (tertiary/aromatic N) is 1. The van der Waals surface area contributed by atoms with Crippen molar-refractivity contribution in [2.24, 2.45) is 5.73 Å². The lowest BCUT2D eigenvalue weighted by atomic mass is 9.94. The average molecular weight is 256 g/mol. The van der Waals surface area contributed by atoms with Gasteiger partial charge in [-0.05, 0) is 32.6 Å². The molecule has 0 aromatic carbocycles. The molecule has 0 spiro atoms. The second-order valence-electron chi connectivity index (χ2n) is 5.45. The number of piperidine rings is 1. The summed E-state index contributed by atoms with van der Waals surface area (Å²) in [5.74, 6) is 0.102. The summed E-state index contributed by atoms with van der Waals surface area (Å²) in [6.07, 6.45) is 3.71. The van der Waals surface area contributed by atoms with Gasteiger partial charge >= 0.3 is 0 Å². The van der Waals surface area contributed by atoms with Crippen LogP contribution in [-0.4, -0.2) is 55.4 Å². The number of ether oxygens (including phenoxy) is 2. The van der Waals surface area contributed by atoms with Gasteiger partial charge in [-0.25, -0.2) is 0 Å². The highest BCUT2D eigenvalue weighted by atomic mass is 16.5. The van der Waals surface area contributed by atoms with Crippen LogP contribution in [0, 0.1) is 0 Å². The summed E-state index contributed by atoms with van der Waals surface area (Å²) in [7, 11) is 1.72. The fraction of sp³-hybridized carbons (Fsp3) is 0.923. The largest absolute Gasteiger partial charge is 0.381 e. The van der Waals surface area contributed by atoms with Crippen LogP contribution in [0.25, 0.3) is 0 Å². The van der Waals surface area contributed by atoms with E-state index in [9.17, 15) is 4.79 Å². The maximum atomic E-state index is 12.6. The standard InChI is InChI=1S/C13H24N2O3/c1-13(5-3-7-18-13)12(16)15-6-4-11(17-2)8-10(15)9-14/h10-11H,3-9,14H2,1-2H3. The smallest absolute Gasteiger partial charge is 0.254 e. The summed E-state index contributed by atoms with van der Waals surface area (Å²) in [4.78, 5) is 14.5. The maximum Gasteiger partial charge on any atom is 0.254 e. The van der Waals surface area contributed by atoms with Crippen molar-refractivity contribution in [1.82, 2.24) is 4.90 Å². The molecular formula is C13H24N2O3. The molecule has 0 bridgehead atoms. The van der Waals surface area contributed by atoms with Gasteiger partial charge in [0, 0.05) is 32.8 Å². The Bertz CT molecular complexity index is 303. The fourth-order valence-corrected chi connectivity index (χ4v) is 2.97. The number of carbonyl (C=O) groups is 1. The minimum Gasteiger partial charge on any atom is -0.381 e. The van der Waals surface area contributed by atoms with E-state index in [1.165, 1.54) is 0 Å². The minimum absolute atomic E-state index is 0.0808. The molecule has 2 rings (SSSR count). The van der Waals surface area contributed by atoms with Crippen LogP contribution in [0.1, 0.15) is 32.6 Å². The van der Waals surface area contributed by atoms with E-state index in [0.717, 1.165) is 32.2 Å². The molecule has 1 amide bonds. The van der Waals surface area contributed by atoms with Crippen LogP contribution in [0.15, 0.2) is 0 Å². The third kappa shape index (κ3) is 2.53. The topological polar surface area (TPSA) is 64.8 Å². The number of likely N-dealkylation sites (tertiary alicyclic amines) is 1. The summed E-state index contributed by atoms with van der Waals surface area (Å²) in [5.41, 5.74) is 5.17. The quantitative estimate of drug-likeness (QED) is 0.799. The number of hydrogen-bond acceptors (Lipinski definition) is 4. The van der Waals surface area contributed by atoms with E-state index >= 15 is 0 Å². The molecule has 0 aromatic heterocycles. The van der Waals surface area contributed by atoms with Crippen molar-refractivity contribution in [3.8, 4) is 0 Å². The zero-order chi connectivity index (χ0) is 13.2. The van der Waals surface area contributed by atoms with Crippen molar-refractivity contribution < 1.29 is 14.3 Å². The molecule has 3 atom stereocenters. The van der Waals surface area contributed by atoms with Gasteiger partial charge in [-0.3, -0.25) is 4.79 Å². The molecule has 18 heavy (non-hydrogen) atoms. The SMILES string of the molecule is COC1CCN(C(=O)C2(C)CCCO2)C(CN)C1. The molecule has 3 unspecified atom stereocenters. The third-order valence-electron chi connectivity index (χ3n) is 4.21. The first-order valence-electron chi connectivity index (χ1n) is 6.78. The van der Waals surface area contributed by atoms with E-state index in [1.54, 1.807) is 7.11 Å². The van der Waals surface area contributed by atoms with Crippen LogP contribution in [0.4, 0.5) is 0 Å². The maximum absolute atomic E-state index is 12.6. The third-order valence-corrected chi connectivity index (χ3v) is 4.21. The van der Waals surface area contributed by atoms with E-state index in [-0.39, 0.29) is 18.1 Å². The first kappa shape index (κ1) is 13.8. The van der Waals surface area contributed by atoms with Crippen molar-refractivity contribution in [2.45, 2.75) is 50.4 Å². The zero-order valence-electron chi connectivity index (χ0n) is 11.4. The van der Waals surface area contributed by atoms with Gasteiger partial charge in [0.05, 0.1) is 6.10 Å². The van der Waals surface area contributed by atoms with Crippen molar-refractivity contribution in [3.05, 3.63) is 0 Å². The molecule has 2 heterocycles. The molecule has 0 saturated carbocycles. The molecule has 2 saturated heterocycles. The van der Waals surface area contributed by atoms with Crippen molar-refractivity contribution in [3.63, 3.8) is 0 Å². The predicted molar refractivity (Wildman–Crippen MR) is 68.2 cm³/mol. The lowest BCUT2D eigenvalue weighted by Gasteiger charge is -2.41. The Labute approximate surface area is 109 Å². The fourth-order valence-electron chi connectivity index (χ4n) is 2.97. The Balaban J connectivity index is 2.05. The molecule has 2 N–H and O–H groups in total. The minimum atomic E-state index is -0.632. The molecule has 0 aromatic rings. The second kappa shape index (κ2) is 5.55. The van der Waals surface area contributed by atoms with Crippen LogP contribution in [0.3, 0.4) is 0 Å². The highest BCUT2D eigenvalue weighted by Gasteiger charge is 2.43. The normalized spacial score (nSPS) is 36.9. The Hall–Kier alpha value is -0.650. The van der Waals surface area contributed by atoms with Crippen LogP contribution < -0.4 is 5.73 Å². The molecule has 5 nitrogen and oxygen atoms in total. The van der Waals surface area contributed by atoms with Crippen LogP contribution in [0.5, 0.6) is 0 Å². The molecule has 5 heteroatoms. The molecular weight excluding hydrogens is 232 g/mol. The monoisotopic (exact) mass is 256 g/mol. The molecule has 2 fully saturated rings. The summed E-state index contributed by atoms with van der Waals surface area (Å²) in [5, 5.41) is 0. The number of carbonyl (C=O) groups excluding carboxylic acids is 1. The predicted octanol–water partition coefficient (Wildman–Crippen LogP) is 0.520. The van der Waals surface area contributed by atoms with Gasteiger partial charge in [0.1, 0.15) is 5.60 Å². The zero-order valence-corrected chi connectivity index (χ0v) is 11.4. The second-order valence-corrected chi connectivity index (χ2v) is 5.45. The highest BCUT2D eigenvalue weighted by Crippen LogP contribution is 2.30. The van der Waals surface area contributed by atoms with Gasteiger partial charge in [0.2, 0.25) is 0 Å². The molecule has 2 aliphatic rings. The number of methoxy groups -OCH3 is 1. The van der Waals surface area contributed by atoms with E-state index in [0.29, 0.717) is 13.2 Å². The van der Waals surface area contributed by atoms with Gasteiger partial charge in [-0.1, -0.05) is 0 Å². The summed E-state index contributed by atoms with van der Waals surface area (Å²) >= 11 is 0. The molecule has 0 radical (unpaired) electrons. The van der Waals surface area contributed by atoms with Crippen LogP contribution >= 0.6 is 0 Å². The lowest BCUT2D eigenvalue weighted by Crippen LogP contribution is -2.57. The van der Waals surface area contributed by atoms with Crippen molar-refractivity contribution in [2.75, 3.05) is 26.8 Å².